The van der Waals surface area contributed by atoms with Crippen LogP contribution >= 0.6 is 0 Å². The average molecular weight is 353 g/mol. The number of ketones is 1. The third-order valence-electron chi connectivity index (χ3n) is 4.99. The van der Waals surface area contributed by atoms with Crippen LogP contribution in [0.25, 0.3) is 22.2 Å². The molecule has 0 bridgehead atoms. The molecule has 2 atom stereocenters. The zero-order valence-corrected chi connectivity index (χ0v) is 14.8. The first-order valence-electron chi connectivity index (χ1n) is 8.77. The SMILES string of the molecule is C[C@@H](Oc1cc(-c2ccc(F)cn2)cc2nn(C)cc12)[C@H]1CCC(=O)C1. The van der Waals surface area contributed by atoms with Crippen molar-refractivity contribution in [3.05, 3.63) is 42.5 Å². The summed E-state index contributed by atoms with van der Waals surface area (Å²) in [6.07, 6.45) is 5.14. The van der Waals surface area contributed by atoms with Gasteiger partial charge < -0.3 is 4.74 Å². The number of ether oxygens (including phenoxy) is 1. The fraction of sp³-hybridized carbons (Fsp3) is 0.350. The lowest BCUT2D eigenvalue weighted by Crippen LogP contribution is -2.21. The van der Waals surface area contributed by atoms with Gasteiger partial charge in [0.25, 0.3) is 0 Å². The summed E-state index contributed by atoms with van der Waals surface area (Å²) in [5.41, 5.74) is 2.27. The highest BCUT2D eigenvalue weighted by Crippen LogP contribution is 2.34. The standard InChI is InChI=1S/C20H20FN3O2/c1-12(13-3-5-16(25)7-13)26-20-9-14(18-6-4-15(21)10-22-18)8-19-17(20)11-24(2)23-19/h4,6,8-13H,3,5,7H2,1-2H3/t12-,13+/m1/s1. The van der Waals surface area contributed by atoms with Gasteiger partial charge in [0.15, 0.2) is 0 Å². The summed E-state index contributed by atoms with van der Waals surface area (Å²) in [5, 5.41) is 5.39. The van der Waals surface area contributed by atoms with Crippen LogP contribution in [0.2, 0.25) is 0 Å². The van der Waals surface area contributed by atoms with Crippen LogP contribution in [0.4, 0.5) is 4.39 Å². The first-order valence-corrected chi connectivity index (χ1v) is 8.77. The van der Waals surface area contributed by atoms with Crippen molar-refractivity contribution < 1.29 is 13.9 Å². The van der Waals surface area contributed by atoms with E-state index < -0.39 is 0 Å². The van der Waals surface area contributed by atoms with Crippen molar-refractivity contribution >= 4 is 16.7 Å². The van der Waals surface area contributed by atoms with Crippen LogP contribution in [-0.4, -0.2) is 26.7 Å². The van der Waals surface area contributed by atoms with E-state index in [4.69, 9.17) is 4.74 Å². The molecule has 0 saturated heterocycles. The highest BCUT2D eigenvalue weighted by molar-refractivity contribution is 5.89. The molecule has 1 saturated carbocycles. The Balaban J connectivity index is 1.72. The van der Waals surface area contributed by atoms with Gasteiger partial charge in [-0.2, -0.15) is 5.10 Å². The van der Waals surface area contributed by atoms with E-state index in [1.54, 1.807) is 10.7 Å². The summed E-state index contributed by atoms with van der Waals surface area (Å²) >= 11 is 0. The van der Waals surface area contributed by atoms with Crippen LogP contribution < -0.4 is 4.74 Å². The van der Waals surface area contributed by atoms with Crippen molar-refractivity contribution in [1.29, 1.82) is 0 Å². The molecular formula is C20H20FN3O2. The average Bonchev–Trinajstić information content (AvgIpc) is 3.20. The molecule has 5 nitrogen and oxygen atoms in total. The molecule has 6 heteroatoms. The topological polar surface area (TPSA) is 57.0 Å². The number of aromatic nitrogens is 3. The van der Waals surface area contributed by atoms with Gasteiger partial charge in [0, 0.05) is 37.6 Å². The number of halogens is 1. The van der Waals surface area contributed by atoms with E-state index in [2.05, 4.69) is 10.1 Å². The van der Waals surface area contributed by atoms with Gasteiger partial charge in [-0.3, -0.25) is 14.5 Å². The number of Topliss-reactive ketones (excluding diaryl/α,β-unsaturated/α-hetero) is 1. The number of hydrogen-bond donors (Lipinski definition) is 0. The Hall–Kier alpha value is -2.76. The number of carbonyl (C=O) groups excluding carboxylic acids is 1. The summed E-state index contributed by atoms with van der Waals surface area (Å²) < 4.78 is 21.2. The Morgan fingerprint density at radius 3 is 2.88 bits per heavy atom. The Kier molecular flexibility index (Phi) is 4.18. The zero-order chi connectivity index (χ0) is 18.3. The van der Waals surface area contributed by atoms with E-state index in [0.717, 1.165) is 22.9 Å². The second kappa shape index (κ2) is 6.52. The van der Waals surface area contributed by atoms with Crippen LogP contribution in [0, 0.1) is 11.7 Å². The third-order valence-corrected chi connectivity index (χ3v) is 4.99. The maximum absolute atomic E-state index is 13.2. The first kappa shape index (κ1) is 16.7. The highest BCUT2D eigenvalue weighted by Gasteiger charge is 2.28. The minimum atomic E-state index is -0.372. The molecule has 1 aromatic carbocycles. The molecule has 4 rings (SSSR count). The molecule has 3 aromatic rings. The van der Waals surface area contributed by atoms with Crippen molar-refractivity contribution in [2.24, 2.45) is 13.0 Å². The number of rotatable bonds is 4. The fourth-order valence-corrected chi connectivity index (χ4v) is 3.54. The predicted octanol–water partition coefficient (Wildman–Crippen LogP) is 3.91. The molecule has 134 valence electrons. The van der Waals surface area contributed by atoms with Crippen molar-refractivity contribution in [3.63, 3.8) is 0 Å². The summed E-state index contributed by atoms with van der Waals surface area (Å²) in [6.45, 7) is 2.01. The van der Waals surface area contributed by atoms with E-state index in [1.807, 2.05) is 32.3 Å². The van der Waals surface area contributed by atoms with Gasteiger partial charge in [0.05, 0.1) is 28.9 Å². The fourth-order valence-electron chi connectivity index (χ4n) is 3.54. The van der Waals surface area contributed by atoms with Gasteiger partial charge in [-0.05, 0) is 37.6 Å². The molecule has 2 aromatic heterocycles. The van der Waals surface area contributed by atoms with Gasteiger partial charge in [-0.15, -0.1) is 0 Å². The lowest BCUT2D eigenvalue weighted by molar-refractivity contribution is -0.117. The van der Waals surface area contributed by atoms with E-state index >= 15 is 0 Å². The second-order valence-corrected chi connectivity index (χ2v) is 6.94. The maximum Gasteiger partial charge on any atom is 0.141 e. The molecule has 0 aliphatic heterocycles. The zero-order valence-electron chi connectivity index (χ0n) is 14.8. The molecule has 1 fully saturated rings. The Morgan fingerprint density at radius 2 is 2.19 bits per heavy atom. The van der Waals surface area contributed by atoms with Crippen LogP contribution in [0.15, 0.2) is 36.7 Å². The van der Waals surface area contributed by atoms with E-state index in [1.165, 1.54) is 12.3 Å². The minimum absolute atomic E-state index is 0.0683. The lowest BCUT2D eigenvalue weighted by atomic mass is 10.0. The molecule has 0 N–H and O–H groups in total. The van der Waals surface area contributed by atoms with Gasteiger partial charge in [-0.1, -0.05) is 0 Å². The van der Waals surface area contributed by atoms with E-state index in [-0.39, 0.29) is 17.8 Å². The molecule has 0 amide bonds. The second-order valence-electron chi connectivity index (χ2n) is 6.94. The van der Waals surface area contributed by atoms with E-state index in [9.17, 15) is 9.18 Å². The Bertz CT molecular complexity index is 965. The molecular weight excluding hydrogens is 333 g/mol. The number of benzene rings is 1. The van der Waals surface area contributed by atoms with Gasteiger partial charge in [-0.25, -0.2) is 4.39 Å². The summed E-state index contributed by atoms with van der Waals surface area (Å²) in [5.74, 6) is 0.885. The summed E-state index contributed by atoms with van der Waals surface area (Å²) in [6, 6.07) is 6.87. The minimum Gasteiger partial charge on any atom is -0.490 e. The number of aryl methyl sites for hydroxylation is 1. The molecule has 0 radical (unpaired) electrons. The Labute approximate surface area is 150 Å². The number of carbonyl (C=O) groups is 1. The lowest BCUT2D eigenvalue weighted by Gasteiger charge is -2.21. The van der Waals surface area contributed by atoms with Crippen LogP contribution in [-0.2, 0) is 11.8 Å². The van der Waals surface area contributed by atoms with Crippen LogP contribution in [0.3, 0.4) is 0 Å². The first-order chi connectivity index (χ1) is 12.5. The molecule has 1 aliphatic carbocycles. The third kappa shape index (κ3) is 3.19. The van der Waals surface area contributed by atoms with Crippen LogP contribution in [0.1, 0.15) is 26.2 Å². The quantitative estimate of drug-likeness (QED) is 0.713. The van der Waals surface area contributed by atoms with Crippen LogP contribution in [0.5, 0.6) is 5.75 Å². The number of pyridine rings is 1. The molecule has 0 unspecified atom stereocenters. The van der Waals surface area contributed by atoms with Gasteiger partial charge in [0.1, 0.15) is 17.3 Å². The van der Waals surface area contributed by atoms with Crippen molar-refractivity contribution in [1.82, 2.24) is 14.8 Å². The smallest absolute Gasteiger partial charge is 0.141 e. The Morgan fingerprint density at radius 1 is 1.35 bits per heavy atom. The van der Waals surface area contributed by atoms with Crippen molar-refractivity contribution in [3.8, 4) is 17.0 Å². The largest absolute Gasteiger partial charge is 0.490 e. The van der Waals surface area contributed by atoms with Crippen molar-refractivity contribution in [2.45, 2.75) is 32.3 Å². The predicted molar refractivity (Wildman–Crippen MR) is 96.3 cm³/mol. The normalized spacial score (nSPS) is 18.4. The molecule has 2 heterocycles. The summed E-state index contributed by atoms with van der Waals surface area (Å²) in [7, 11) is 1.86. The van der Waals surface area contributed by atoms with Crippen molar-refractivity contribution in [2.75, 3.05) is 0 Å². The monoisotopic (exact) mass is 353 g/mol. The highest BCUT2D eigenvalue weighted by atomic mass is 19.1. The number of hydrogen-bond acceptors (Lipinski definition) is 4. The summed E-state index contributed by atoms with van der Waals surface area (Å²) in [4.78, 5) is 15.7. The molecule has 0 spiro atoms. The number of fused-ring (bicyclic) bond motifs is 1. The van der Waals surface area contributed by atoms with Gasteiger partial charge in [0.2, 0.25) is 0 Å². The molecule has 1 aliphatic rings. The molecule has 26 heavy (non-hydrogen) atoms. The van der Waals surface area contributed by atoms with Gasteiger partial charge >= 0.3 is 0 Å². The maximum atomic E-state index is 13.2. The van der Waals surface area contributed by atoms with E-state index in [0.29, 0.717) is 30.1 Å². The number of nitrogens with zero attached hydrogens (tertiary/aromatic N) is 3.